The van der Waals surface area contributed by atoms with E-state index in [-0.39, 0.29) is 11.6 Å². The Balaban J connectivity index is 1.60. The number of halogens is 1. The highest BCUT2D eigenvalue weighted by Crippen LogP contribution is 2.43. The summed E-state index contributed by atoms with van der Waals surface area (Å²) >= 11 is 5.60. The number of rotatable bonds is 5. The molecule has 0 amide bonds. The molecule has 0 unspecified atom stereocenters. The highest BCUT2D eigenvalue weighted by molar-refractivity contribution is 7.80. The van der Waals surface area contributed by atoms with Crippen molar-refractivity contribution in [2.45, 2.75) is 12.1 Å². The predicted octanol–water partition coefficient (Wildman–Crippen LogP) is 5.36. The Morgan fingerprint density at radius 2 is 1.88 bits per heavy atom. The van der Waals surface area contributed by atoms with Crippen molar-refractivity contribution in [2.75, 3.05) is 4.90 Å². The lowest BCUT2D eigenvalue weighted by atomic mass is 10.0. The molecule has 2 N–H and O–H groups in total. The van der Waals surface area contributed by atoms with Gasteiger partial charge in [0.15, 0.2) is 5.11 Å². The molecule has 0 spiro atoms. The van der Waals surface area contributed by atoms with Crippen molar-refractivity contribution in [3.8, 4) is 11.3 Å². The van der Waals surface area contributed by atoms with E-state index in [4.69, 9.17) is 16.6 Å². The van der Waals surface area contributed by atoms with E-state index in [1.54, 1.807) is 59.6 Å². The molecule has 2 aromatic carbocycles. The van der Waals surface area contributed by atoms with Crippen LogP contribution in [0.15, 0.2) is 89.5 Å². The van der Waals surface area contributed by atoms with Crippen molar-refractivity contribution >= 4 is 29.0 Å². The van der Waals surface area contributed by atoms with E-state index in [1.165, 1.54) is 12.1 Å². The van der Waals surface area contributed by atoms with Gasteiger partial charge in [-0.1, -0.05) is 30.3 Å². The number of aromatic carboxylic acids is 1. The average molecular weight is 460 g/mol. The summed E-state index contributed by atoms with van der Waals surface area (Å²) in [6.45, 7) is 0. The zero-order valence-corrected chi connectivity index (χ0v) is 18.0. The van der Waals surface area contributed by atoms with Crippen LogP contribution in [0, 0.1) is 5.82 Å². The summed E-state index contributed by atoms with van der Waals surface area (Å²) < 4.78 is 21.0. The summed E-state index contributed by atoms with van der Waals surface area (Å²) in [7, 11) is 0. The van der Waals surface area contributed by atoms with Crippen LogP contribution in [0.4, 0.5) is 10.1 Å². The fourth-order valence-corrected chi connectivity index (χ4v) is 4.36. The number of pyridine rings is 1. The van der Waals surface area contributed by atoms with Crippen LogP contribution in [-0.2, 0) is 0 Å². The van der Waals surface area contributed by atoms with Crippen LogP contribution in [0.5, 0.6) is 0 Å². The van der Waals surface area contributed by atoms with Gasteiger partial charge in [0.1, 0.15) is 23.4 Å². The lowest BCUT2D eigenvalue weighted by Crippen LogP contribution is -2.30. The first-order valence-corrected chi connectivity index (χ1v) is 10.6. The molecule has 1 aliphatic rings. The number of hydrogen-bond donors (Lipinski definition) is 2. The Hall–Kier alpha value is -4.04. The van der Waals surface area contributed by atoms with Crippen molar-refractivity contribution in [2.24, 2.45) is 0 Å². The molecular weight excluding hydrogens is 441 g/mol. The number of hydrogen-bond acceptors (Lipinski definition) is 4. The monoisotopic (exact) mass is 459 g/mol. The van der Waals surface area contributed by atoms with Crippen LogP contribution < -0.4 is 10.2 Å². The minimum Gasteiger partial charge on any atom is -0.478 e. The predicted molar refractivity (Wildman–Crippen MR) is 125 cm³/mol. The van der Waals surface area contributed by atoms with Crippen molar-refractivity contribution < 1.29 is 18.7 Å². The van der Waals surface area contributed by atoms with Crippen LogP contribution >= 0.6 is 12.2 Å². The van der Waals surface area contributed by atoms with Gasteiger partial charge in [0.05, 0.1) is 23.0 Å². The number of thiocarbonyl (C=S) groups is 1. The number of carbonyl (C=O) groups is 1. The van der Waals surface area contributed by atoms with Crippen molar-refractivity contribution in [3.05, 3.63) is 108 Å². The first-order valence-electron chi connectivity index (χ1n) is 10.2. The Kier molecular flexibility index (Phi) is 5.35. The number of anilines is 1. The van der Waals surface area contributed by atoms with Crippen LogP contribution in [0.2, 0.25) is 0 Å². The van der Waals surface area contributed by atoms with Gasteiger partial charge in [0.2, 0.25) is 0 Å². The maximum absolute atomic E-state index is 14.8. The van der Waals surface area contributed by atoms with E-state index < -0.39 is 17.8 Å². The zero-order valence-electron chi connectivity index (χ0n) is 17.2. The first-order chi connectivity index (χ1) is 16.0. The van der Waals surface area contributed by atoms with Crippen molar-refractivity contribution in [1.29, 1.82) is 0 Å². The number of nitrogens with one attached hydrogen (secondary N) is 1. The lowest BCUT2D eigenvalue weighted by Gasteiger charge is -2.26. The van der Waals surface area contributed by atoms with E-state index in [0.717, 1.165) is 5.69 Å². The average Bonchev–Trinajstić information content (AvgIpc) is 3.45. The molecule has 33 heavy (non-hydrogen) atoms. The summed E-state index contributed by atoms with van der Waals surface area (Å²) in [6, 6.07) is 21.2. The topological polar surface area (TPSA) is 78.6 Å². The van der Waals surface area contributed by atoms with E-state index in [0.29, 0.717) is 27.9 Å². The second kappa shape index (κ2) is 8.48. The molecule has 2 aromatic heterocycles. The number of carboxylic acids is 1. The molecule has 4 aromatic rings. The third kappa shape index (κ3) is 3.85. The SMILES string of the molecule is O=C(O)c1cccc(-c2ccc([C@@H]3[C@@H](c4ccccn4)NC(=S)N3c3ccccc3F)o2)c1. The van der Waals surface area contributed by atoms with Crippen LogP contribution in [0.1, 0.15) is 33.9 Å². The largest absolute Gasteiger partial charge is 0.478 e. The zero-order chi connectivity index (χ0) is 22.9. The molecule has 0 saturated carbocycles. The van der Waals surface area contributed by atoms with Gasteiger partial charge >= 0.3 is 5.97 Å². The second-order valence-corrected chi connectivity index (χ2v) is 7.92. The summed E-state index contributed by atoms with van der Waals surface area (Å²) in [5.41, 5.74) is 1.84. The van der Waals surface area contributed by atoms with E-state index >= 15 is 0 Å². The Morgan fingerprint density at radius 1 is 1.06 bits per heavy atom. The highest BCUT2D eigenvalue weighted by atomic mass is 32.1. The van der Waals surface area contributed by atoms with Gasteiger partial charge in [-0.25, -0.2) is 9.18 Å². The third-order valence-corrected chi connectivity index (χ3v) is 5.84. The Bertz CT molecular complexity index is 1340. The van der Waals surface area contributed by atoms with Crippen LogP contribution in [-0.4, -0.2) is 21.2 Å². The minimum absolute atomic E-state index is 0.161. The number of para-hydroxylation sites is 1. The fraction of sp³-hybridized carbons (Fsp3) is 0.0800. The van der Waals surface area contributed by atoms with Crippen molar-refractivity contribution in [1.82, 2.24) is 10.3 Å². The van der Waals surface area contributed by atoms with Gasteiger partial charge in [0.25, 0.3) is 0 Å². The lowest BCUT2D eigenvalue weighted by molar-refractivity contribution is 0.0697. The summed E-state index contributed by atoms with van der Waals surface area (Å²) in [5.74, 6) is -0.389. The Morgan fingerprint density at radius 3 is 2.64 bits per heavy atom. The van der Waals surface area contributed by atoms with Gasteiger partial charge in [-0.3, -0.25) is 4.98 Å². The maximum atomic E-state index is 14.8. The van der Waals surface area contributed by atoms with E-state index in [1.807, 2.05) is 18.2 Å². The number of benzene rings is 2. The molecule has 1 saturated heterocycles. The summed E-state index contributed by atoms with van der Waals surface area (Å²) in [5, 5.41) is 12.9. The van der Waals surface area contributed by atoms with Gasteiger partial charge in [0, 0.05) is 11.8 Å². The fourth-order valence-electron chi connectivity index (χ4n) is 4.02. The van der Waals surface area contributed by atoms with Gasteiger partial charge < -0.3 is 19.7 Å². The first kappa shape index (κ1) is 20.8. The van der Waals surface area contributed by atoms with Crippen LogP contribution in [0.3, 0.4) is 0 Å². The molecule has 0 radical (unpaired) electrons. The molecule has 0 aliphatic carbocycles. The quantitative estimate of drug-likeness (QED) is 0.389. The van der Waals surface area contributed by atoms with Gasteiger partial charge in [-0.2, -0.15) is 0 Å². The molecular formula is C25H18FN3O3S. The molecule has 3 heterocycles. The molecule has 0 bridgehead atoms. The molecule has 1 fully saturated rings. The second-order valence-electron chi connectivity index (χ2n) is 7.54. The van der Waals surface area contributed by atoms with Crippen molar-refractivity contribution in [3.63, 3.8) is 0 Å². The number of nitrogens with zero attached hydrogens (tertiary/aromatic N) is 2. The number of aromatic nitrogens is 1. The maximum Gasteiger partial charge on any atom is 0.335 e. The van der Waals surface area contributed by atoms with Crippen LogP contribution in [0.25, 0.3) is 11.3 Å². The normalized spacial score (nSPS) is 17.7. The number of carboxylic acid groups (broad SMARTS) is 1. The minimum atomic E-state index is -1.02. The third-order valence-electron chi connectivity index (χ3n) is 5.52. The molecule has 2 atom stereocenters. The van der Waals surface area contributed by atoms with E-state index in [2.05, 4.69) is 10.3 Å². The molecule has 164 valence electrons. The highest BCUT2D eigenvalue weighted by Gasteiger charge is 2.43. The number of furan rings is 1. The molecule has 6 nitrogen and oxygen atoms in total. The van der Waals surface area contributed by atoms with Gasteiger partial charge in [-0.15, -0.1) is 0 Å². The molecule has 5 rings (SSSR count). The molecule has 8 heteroatoms. The molecule has 1 aliphatic heterocycles. The summed E-state index contributed by atoms with van der Waals surface area (Å²) in [4.78, 5) is 17.5. The van der Waals surface area contributed by atoms with Gasteiger partial charge in [-0.05, 0) is 60.7 Å². The van der Waals surface area contributed by atoms with E-state index in [9.17, 15) is 14.3 Å². The smallest absolute Gasteiger partial charge is 0.335 e. The standard InChI is InChI=1S/C25H18FN3O3S/c26-17-8-1-2-10-19(17)29-23(22(28-25(29)33)18-9-3-4-13-27-18)21-12-11-20(32-21)15-6-5-7-16(14-15)24(30)31/h1-14,22-23H,(H,28,33)(H,30,31)/t22-,23-/m1/s1. The Labute approximate surface area is 194 Å². The summed E-state index contributed by atoms with van der Waals surface area (Å²) in [6.07, 6.45) is 1.69.